The Balaban J connectivity index is 2.03. The van der Waals surface area contributed by atoms with Gasteiger partial charge in [0, 0.05) is 16.5 Å². The number of thiophene rings is 1. The number of rotatable bonds is 3. The zero-order valence-electron chi connectivity index (χ0n) is 9.83. The van der Waals surface area contributed by atoms with Crippen LogP contribution in [-0.2, 0) is 6.42 Å². The minimum absolute atomic E-state index is 0.960. The minimum Gasteiger partial charge on any atom is -0.250 e. The van der Waals surface area contributed by atoms with Crippen LogP contribution in [0.5, 0.6) is 0 Å². The first kappa shape index (κ1) is 11.6. The molecule has 3 aromatic rings. The van der Waals surface area contributed by atoms with Gasteiger partial charge in [-0.1, -0.05) is 13.0 Å². The summed E-state index contributed by atoms with van der Waals surface area (Å²) in [4.78, 5) is 15.4. The van der Waals surface area contributed by atoms with E-state index in [1.807, 2.05) is 18.2 Å². The third kappa shape index (κ3) is 2.23. The highest BCUT2D eigenvalue weighted by Crippen LogP contribution is 2.33. The molecule has 0 amide bonds. The van der Waals surface area contributed by atoms with Crippen molar-refractivity contribution in [2.24, 2.45) is 0 Å². The van der Waals surface area contributed by atoms with Crippen molar-refractivity contribution in [2.75, 3.05) is 0 Å². The van der Waals surface area contributed by atoms with Gasteiger partial charge in [0.05, 0.1) is 0 Å². The maximum atomic E-state index is 4.37. The maximum absolute atomic E-state index is 4.37. The van der Waals surface area contributed by atoms with E-state index in [9.17, 15) is 0 Å². The standard InChI is InChI=1S/C13H11N3S2/c1-2-9-7-10-12(17-9)15-8-16-13(10)18-11-5-3-4-6-14-11/h3-8H,2H2,1H3. The van der Waals surface area contributed by atoms with Crippen LogP contribution in [0, 0.1) is 0 Å². The highest BCUT2D eigenvalue weighted by Gasteiger charge is 2.09. The molecule has 0 spiro atoms. The second-order valence-corrected chi connectivity index (χ2v) is 5.86. The van der Waals surface area contributed by atoms with Crippen LogP contribution in [-0.4, -0.2) is 15.0 Å². The van der Waals surface area contributed by atoms with Crippen LogP contribution in [0.2, 0.25) is 0 Å². The van der Waals surface area contributed by atoms with E-state index in [0.29, 0.717) is 0 Å². The van der Waals surface area contributed by atoms with Gasteiger partial charge in [0.2, 0.25) is 0 Å². The average molecular weight is 273 g/mol. The molecule has 3 rings (SSSR count). The second kappa shape index (κ2) is 5.04. The van der Waals surface area contributed by atoms with Gasteiger partial charge in [-0.15, -0.1) is 11.3 Å². The Morgan fingerprint density at radius 1 is 1.22 bits per heavy atom. The first-order chi connectivity index (χ1) is 8.86. The normalized spacial score (nSPS) is 10.9. The summed E-state index contributed by atoms with van der Waals surface area (Å²) in [6.45, 7) is 2.16. The Labute approximate surface area is 113 Å². The molecule has 0 atom stereocenters. The number of fused-ring (bicyclic) bond motifs is 1. The molecule has 3 aromatic heterocycles. The van der Waals surface area contributed by atoms with Gasteiger partial charge < -0.3 is 0 Å². The molecule has 0 radical (unpaired) electrons. The number of hydrogen-bond acceptors (Lipinski definition) is 5. The zero-order valence-corrected chi connectivity index (χ0v) is 11.5. The van der Waals surface area contributed by atoms with Crippen molar-refractivity contribution in [3.05, 3.63) is 41.7 Å². The Bertz CT molecular complexity index is 664. The monoisotopic (exact) mass is 273 g/mol. The Kier molecular flexibility index (Phi) is 3.25. The fourth-order valence-electron chi connectivity index (χ4n) is 1.65. The van der Waals surface area contributed by atoms with E-state index in [0.717, 1.165) is 26.7 Å². The lowest BCUT2D eigenvalue weighted by molar-refractivity contribution is 1.08. The van der Waals surface area contributed by atoms with Crippen LogP contribution >= 0.6 is 23.1 Å². The van der Waals surface area contributed by atoms with E-state index in [1.54, 1.807) is 35.6 Å². The van der Waals surface area contributed by atoms with Crippen LogP contribution in [0.1, 0.15) is 11.8 Å². The molecule has 3 nitrogen and oxygen atoms in total. The van der Waals surface area contributed by atoms with E-state index in [1.165, 1.54) is 4.88 Å². The van der Waals surface area contributed by atoms with Gasteiger partial charge in [-0.25, -0.2) is 15.0 Å². The summed E-state index contributed by atoms with van der Waals surface area (Å²) < 4.78 is 0. The van der Waals surface area contributed by atoms with Gasteiger partial charge in [-0.2, -0.15) is 0 Å². The zero-order chi connectivity index (χ0) is 12.4. The molecule has 90 valence electrons. The van der Waals surface area contributed by atoms with Crippen molar-refractivity contribution >= 4 is 33.3 Å². The molecule has 3 heterocycles. The molecule has 0 aliphatic carbocycles. The van der Waals surface area contributed by atoms with Crippen LogP contribution in [0.4, 0.5) is 0 Å². The molecule has 0 fully saturated rings. The number of hydrogen-bond donors (Lipinski definition) is 0. The van der Waals surface area contributed by atoms with Gasteiger partial charge in [-0.3, -0.25) is 0 Å². The Morgan fingerprint density at radius 2 is 2.17 bits per heavy atom. The maximum Gasteiger partial charge on any atom is 0.128 e. The molecule has 18 heavy (non-hydrogen) atoms. The summed E-state index contributed by atoms with van der Waals surface area (Å²) in [5.41, 5.74) is 0. The van der Waals surface area contributed by atoms with Crippen LogP contribution in [0.3, 0.4) is 0 Å². The highest BCUT2D eigenvalue weighted by atomic mass is 32.2. The highest BCUT2D eigenvalue weighted by molar-refractivity contribution is 7.99. The van der Waals surface area contributed by atoms with Gasteiger partial charge in [0.25, 0.3) is 0 Å². The van der Waals surface area contributed by atoms with E-state index in [4.69, 9.17) is 0 Å². The molecule has 0 aliphatic rings. The van der Waals surface area contributed by atoms with Crippen molar-refractivity contribution < 1.29 is 0 Å². The molecule has 0 bridgehead atoms. The van der Waals surface area contributed by atoms with E-state index in [-0.39, 0.29) is 0 Å². The quantitative estimate of drug-likeness (QED) is 0.680. The number of aryl methyl sites for hydroxylation is 1. The van der Waals surface area contributed by atoms with E-state index in [2.05, 4.69) is 27.9 Å². The third-order valence-electron chi connectivity index (χ3n) is 2.53. The Hall–Kier alpha value is -1.46. The van der Waals surface area contributed by atoms with Crippen molar-refractivity contribution in [3.8, 4) is 0 Å². The molecule has 0 aromatic carbocycles. The van der Waals surface area contributed by atoms with Gasteiger partial charge in [0.15, 0.2) is 0 Å². The van der Waals surface area contributed by atoms with Crippen LogP contribution in [0.25, 0.3) is 10.2 Å². The molecule has 0 saturated carbocycles. The first-order valence-corrected chi connectivity index (χ1v) is 7.32. The van der Waals surface area contributed by atoms with Gasteiger partial charge >= 0.3 is 0 Å². The second-order valence-electron chi connectivity index (χ2n) is 3.73. The fraction of sp³-hybridized carbons (Fsp3) is 0.154. The molecule has 5 heteroatoms. The van der Waals surface area contributed by atoms with Crippen molar-refractivity contribution in [1.29, 1.82) is 0 Å². The van der Waals surface area contributed by atoms with Crippen LogP contribution < -0.4 is 0 Å². The largest absolute Gasteiger partial charge is 0.250 e. The third-order valence-corrected chi connectivity index (χ3v) is 4.69. The lowest BCUT2D eigenvalue weighted by atomic mass is 10.3. The van der Waals surface area contributed by atoms with E-state index < -0.39 is 0 Å². The predicted molar refractivity (Wildman–Crippen MR) is 75.2 cm³/mol. The molecule has 0 unspecified atom stereocenters. The molecular weight excluding hydrogens is 262 g/mol. The summed E-state index contributed by atoms with van der Waals surface area (Å²) in [6.07, 6.45) is 4.46. The number of aromatic nitrogens is 3. The molecule has 0 saturated heterocycles. The molecule has 0 N–H and O–H groups in total. The summed E-state index contributed by atoms with van der Waals surface area (Å²) in [5.74, 6) is 0. The molecule has 0 aliphatic heterocycles. The Morgan fingerprint density at radius 3 is 2.94 bits per heavy atom. The van der Waals surface area contributed by atoms with Gasteiger partial charge in [-0.05, 0) is 36.4 Å². The van der Waals surface area contributed by atoms with Crippen molar-refractivity contribution in [2.45, 2.75) is 23.4 Å². The van der Waals surface area contributed by atoms with Crippen molar-refractivity contribution in [3.63, 3.8) is 0 Å². The summed E-state index contributed by atoms with van der Waals surface area (Å²) in [7, 11) is 0. The minimum atomic E-state index is 0.960. The van der Waals surface area contributed by atoms with Crippen molar-refractivity contribution in [1.82, 2.24) is 15.0 Å². The molecular formula is C13H11N3S2. The lowest BCUT2D eigenvalue weighted by Crippen LogP contribution is -1.84. The lowest BCUT2D eigenvalue weighted by Gasteiger charge is -2.00. The topological polar surface area (TPSA) is 38.7 Å². The number of pyridine rings is 1. The van der Waals surface area contributed by atoms with E-state index >= 15 is 0 Å². The fourth-order valence-corrected chi connectivity index (χ4v) is 3.47. The summed E-state index contributed by atoms with van der Waals surface area (Å²) >= 11 is 3.32. The average Bonchev–Trinajstić information content (AvgIpc) is 2.84. The van der Waals surface area contributed by atoms with Crippen LogP contribution in [0.15, 0.2) is 46.8 Å². The van der Waals surface area contributed by atoms with Gasteiger partial charge in [0.1, 0.15) is 21.2 Å². The predicted octanol–water partition coefficient (Wildman–Crippen LogP) is 3.80. The summed E-state index contributed by atoms with van der Waals surface area (Å²) in [5, 5.41) is 3.08. The SMILES string of the molecule is CCc1cc2c(Sc3ccccn3)ncnc2s1. The first-order valence-electron chi connectivity index (χ1n) is 5.69. The summed E-state index contributed by atoms with van der Waals surface area (Å²) in [6, 6.07) is 8.08. The smallest absolute Gasteiger partial charge is 0.128 e. The number of nitrogens with zero attached hydrogens (tertiary/aromatic N) is 3.